The van der Waals surface area contributed by atoms with Crippen LogP contribution in [0.25, 0.3) is 21.1 Å². The van der Waals surface area contributed by atoms with Gasteiger partial charge in [-0.25, -0.2) is 4.98 Å². The first kappa shape index (κ1) is 20.1. The Bertz CT molecular complexity index is 1250. The maximum Gasteiger partial charge on any atom is 0.263 e. The van der Waals surface area contributed by atoms with Crippen LogP contribution in [0.3, 0.4) is 0 Å². The second kappa shape index (κ2) is 8.34. The van der Waals surface area contributed by atoms with Gasteiger partial charge in [0.1, 0.15) is 9.71 Å². The molecule has 3 aromatic heterocycles. The van der Waals surface area contributed by atoms with Crippen LogP contribution in [0.1, 0.15) is 26.9 Å². The van der Waals surface area contributed by atoms with Gasteiger partial charge in [0.25, 0.3) is 5.91 Å². The average molecular weight is 433 g/mol. The Kier molecular flexibility index (Phi) is 5.40. The molecular formula is C24H24N4O2S. The van der Waals surface area contributed by atoms with Crippen LogP contribution in [0.15, 0.2) is 54.9 Å². The van der Waals surface area contributed by atoms with Crippen LogP contribution < -0.4 is 0 Å². The molecule has 1 unspecified atom stereocenters. The van der Waals surface area contributed by atoms with Gasteiger partial charge < -0.3 is 9.64 Å². The lowest BCUT2D eigenvalue weighted by molar-refractivity contribution is -0.0322. The Morgan fingerprint density at radius 3 is 2.84 bits per heavy atom. The maximum atomic E-state index is 12.9. The Labute approximate surface area is 185 Å². The predicted octanol–water partition coefficient (Wildman–Crippen LogP) is 4.12. The molecule has 1 aromatic carbocycles. The van der Waals surface area contributed by atoms with Crippen molar-refractivity contribution >= 4 is 38.4 Å². The summed E-state index contributed by atoms with van der Waals surface area (Å²) in [6.07, 6.45) is 3.44. The normalized spacial score (nSPS) is 17.3. The third-order valence-electron chi connectivity index (χ3n) is 5.69. The van der Waals surface area contributed by atoms with Gasteiger partial charge in [-0.3, -0.25) is 14.7 Å². The number of benzene rings is 1. The molecule has 31 heavy (non-hydrogen) atoms. The van der Waals surface area contributed by atoms with E-state index in [0.29, 0.717) is 6.61 Å². The number of aromatic nitrogens is 2. The summed E-state index contributed by atoms with van der Waals surface area (Å²) >= 11 is 1.45. The second-order valence-electron chi connectivity index (χ2n) is 7.99. The van der Waals surface area contributed by atoms with Gasteiger partial charge in [0.2, 0.25) is 0 Å². The van der Waals surface area contributed by atoms with E-state index in [-0.39, 0.29) is 12.0 Å². The minimum Gasteiger partial charge on any atom is -0.371 e. The van der Waals surface area contributed by atoms with Gasteiger partial charge in [-0.2, -0.15) is 0 Å². The molecule has 1 atom stereocenters. The zero-order valence-corrected chi connectivity index (χ0v) is 18.4. The van der Waals surface area contributed by atoms with Gasteiger partial charge >= 0.3 is 0 Å². The minimum absolute atomic E-state index is 0.00280. The summed E-state index contributed by atoms with van der Waals surface area (Å²) < 4.78 is 6.21. The van der Waals surface area contributed by atoms with E-state index in [9.17, 15) is 4.79 Å². The van der Waals surface area contributed by atoms with Crippen LogP contribution in [-0.4, -0.2) is 59.5 Å². The van der Waals surface area contributed by atoms with E-state index in [0.717, 1.165) is 51.2 Å². The van der Waals surface area contributed by atoms with Crippen LogP contribution in [0.4, 0.5) is 0 Å². The van der Waals surface area contributed by atoms with Crippen molar-refractivity contribution < 1.29 is 9.53 Å². The largest absolute Gasteiger partial charge is 0.371 e. The van der Waals surface area contributed by atoms with Gasteiger partial charge in [-0.05, 0) is 17.7 Å². The van der Waals surface area contributed by atoms with Crippen molar-refractivity contribution in [3.05, 3.63) is 70.9 Å². The van der Waals surface area contributed by atoms with Crippen molar-refractivity contribution in [2.24, 2.45) is 0 Å². The lowest BCUT2D eigenvalue weighted by atomic mass is 10.0. The van der Waals surface area contributed by atoms with E-state index in [1.165, 1.54) is 16.9 Å². The summed E-state index contributed by atoms with van der Waals surface area (Å²) in [7, 11) is 3.57. The molecule has 0 N–H and O–H groups in total. The van der Waals surface area contributed by atoms with Crippen molar-refractivity contribution in [2.45, 2.75) is 12.6 Å². The van der Waals surface area contributed by atoms with Crippen LogP contribution in [-0.2, 0) is 11.3 Å². The topological polar surface area (TPSA) is 58.6 Å². The highest BCUT2D eigenvalue weighted by molar-refractivity contribution is 7.20. The summed E-state index contributed by atoms with van der Waals surface area (Å²) in [5.74, 6) is -0.00280. The fourth-order valence-corrected chi connectivity index (χ4v) is 5.41. The maximum absolute atomic E-state index is 12.9. The fraction of sp³-hybridized carbons (Fsp3) is 0.292. The number of fused-ring (bicyclic) bond motifs is 2. The molecule has 7 heteroatoms. The molecule has 0 spiro atoms. The number of morpholine rings is 1. The highest BCUT2D eigenvalue weighted by atomic mass is 32.1. The summed E-state index contributed by atoms with van der Waals surface area (Å²) in [5, 5.41) is 2.16. The van der Waals surface area contributed by atoms with E-state index >= 15 is 0 Å². The number of para-hydroxylation sites is 1. The Balaban J connectivity index is 1.47. The molecule has 4 heterocycles. The van der Waals surface area contributed by atoms with E-state index in [1.54, 1.807) is 25.2 Å². The number of rotatable bonds is 4. The standard InChI is InChI=1S/C24H24N4O2S/c1-27(2)24(29)22-20(18-9-5-11-26-23(18)31-22)19-15-28(12-13-30-19)14-17-7-3-6-16-8-4-10-25-21(16)17/h3-11,19H,12-15H2,1-2H3. The van der Waals surface area contributed by atoms with Crippen LogP contribution in [0, 0.1) is 0 Å². The number of amides is 1. The molecule has 6 nitrogen and oxygen atoms in total. The van der Waals surface area contributed by atoms with Crippen molar-refractivity contribution in [2.75, 3.05) is 33.8 Å². The van der Waals surface area contributed by atoms with Crippen LogP contribution >= 0.6 is 11.3 Å². The summed E-state index contributed by atoms with van der Waals surface area (Å²) in [5.41, 5.74) is 3.22. The lowest BCUT2D eigenvalue weighted by Crippen LogP contribution is -2.38. The number of nitrogens with zero attached hydrogens (tertiary/aromatic N) is 4. The zero-order chi connectivity index (χ0) is 21.4. The zero-order valence-electron chi connectivity index (χ0n) is 17.6. The number of ether oxygens (including phenoxy) is 1. The number of carbonyl (C=O) groups excluding carboxylic acids is 1. The molecule has 1 aliphatic heterocycles. The fourth-order valence-electron chi connectivity index (χ4n) is 4.19. The third kappa shape index (κ3) is 3.80. The number of thiophene rings is 1. The monoisotopic (exact) mass is 432 g/mol. The van der Waals surface area contributed by atoms with E-state index in [4.69, 9.17) is 4.74 Å². The molecule has 0 aliphatic carbocycles. The van der Waals surface area contributed by atoms with E-state index in [1.807, 2.05) is 24.4 Å². The van der Waals surface area contributed by atoms with Crippen LogP contribution in [0.2, 0.25) is 0 Å². The Morgan fingerprint density at radius 1 is 1.16 bits per heavy atom. The van der Waals surface area contributed by atoms with E-state index < -0.39 is 0 Å². The predicted molar refractivity (Wildman–Crippen MR) is 123 cm³/mol. The average Bonchev–Trinajstić information content (AvgIpc) is 3.18. The van der Waals surface area contributed by atoms with E-state index in [2.05, 4.69) is 39.1 Å². The highest BCUT2D eigenvalue weighted by Crippen LogP contribution is 2.38. The molecule has 0 saturated carbocycles. The summed E-state index contributed by atoms with van der Waals surface area (Å²) in [6.45, 7) is 2.98. The molecule has 1 fully saturated rings. The van der Waals surface area contributed by atoms with Gasteiger partial charge in [0, 0.05) is 62.5 Å². The van der Waals surface area contributed by atoms with Crippen LogP contribution in [0.5, 0.6) is 0 Å². The van der Waals surface area contributed by atoms with Crippen molar-refractivity contribution in [3.63, 3.8) is 0 Å². The van der Waals surface area contributed by atoms with Gasteiger partial charge in [-0.1, -0.05) is 30.3 Å². The number of pyridine rings is 2. The molecule has 1 aliphatic rings. The smallest absolute Gasteiger partial charge is 0.263 e. The Hall–Kier alpha value is -2.87. The summed E-state index contributed by atoms with van der Waals surface area (Å²) in [4.78, 5) is 27.6. The number of hydrogen-bond acceptors (Lipinski definition) is 6. The van der Waals surface area contributed by atoms with Crippen molar-refractivity contribution in [3.8, 4) is 0 Å². The van der Waals surface area contributed by atoms with Crippen molar-refractivity contribution in [1.82, 2.24) is 19.8 Å². The van der Waals surface area contributed by atoms with Gasteiger partial charge in [0.05, 0.1) is 18.2 Å². The first-order valence-corrected chi connectivity index (χ1v) is 11.2. The summed E-state index contributed by atoms with van der Waals surface area (Å²) in [6, 6.07) is 14.3. The molecular weight excluding hydrogens is 408 g/mol. The van der Waals surface area contributed by atoms with Crippen molar-refractivity contribution in [1.29, 1.82) is 0 Å². The number of carbonyl (C=O) groups is 1. The lowest BCUT2D eigenvalue weighted by Gasteiger charge is -2.33. The minimum atomic E-state index is -0.173. The first-order valence-electron chi connectivity index (χ1n) is 10.4. The molecule has 158 valence electrons. The molecule has 1 saturated heterocycles. The molecule has 1 amide bonds. The first-order chi connectivity index (χ1) is 15.1. The Morgan fingerprint density at radius 2 is 1.97 bits per heavy atom. The molecule has 0 radical (unpaired) electrons. The SMILES string of the molecule is CN(C)C(=O)c1sc2ncccc2c1C1CN(Cc2cccc3cccnc23)CCO1. The highest BCUT2D eigenvalue weighted by Gasteiger charge is 2.30. The molecule has 4 aromatic rings. The molecule has 5 rings (SSSR count). The third-order valence-corrected chi connectivity index (χ3v) is 6.81. The van der Waals surface area contributed by atoms with Gasteiger partial charge in [0.15, 0.2) is 0 Å². The quantitative estimate of drug-likeness (QED) is 0.486. The molecule has 0 bridgehead atoms. The number of hydrogen-bond donors (Lipinski definition) is 0. The van der Waals surface area contributed by atoms with Gasteiger partial charge in [-0.15, -0.1) is 11.3 Å². The second-order valence-corrected chi connectivity index (χ2v) is 8.99.